The number of hydrogen-bond donors (Lipinski definition) is 3. The van der Waals surface area contributed by atoms with Gasteiger partial charge in [0.2, 0.25) is 0 Å². The van der Waals surface area contributed by atoms with Crippen molar-refractivity contribution in [3.05, 3.63) is 48.4 Å². The van der Waals surface area contributed by atoms with Crippen LogP contribution in [0.4, 0.5) is 11.5 Å². The molecule has 0 aliphatic carbocycles. The van der Waals surface area contributed by atoms with Crippen molar-refractivity contribution in [3.63, 3.8) is 0 Å². The highest BCUT2D eigenvalue weighted by molar-refractivity contribution is 5.95. The summed E-state index contributed by atoms with van der Waals surface area (Å²) >= 11 is 0. The van der Waals surface area contributed by atoms with Crippen LogP contribution in [0.2, 0.25) is 0 Å². The Labute approximate surface area is 177 Å². The van der Waals surface area contributed by atoms with Crippen molar-refractivity contribution in [3.8, 4) is 0 Å². The molecule has 7 nitrogen and oxygen atoms in total. The lowest BCUT2D eigenvalue weighted by Crippen LogP contribution is -2.47. The van der Waals surface area contributed by atoms with Gasteiger partial charge in [-0.1, -0.05) is 6.07 Å². The zero-order chi connectivity index (χ0) is 18.2. The SMILES string of the molecule is COCC1(CNC(=O)c2cccc(Nc3cnccn3)c2)CCNCC1.Cl.Cl. The van der Waals surface area contributed by atoms with Gasteiger partial charge in [-0.3, -0.25) is 9.78 Å². The highest BCUT2D eigenvalue weighted by Crippen LogP contribution is 2.28. The largest absolute Gasteiger partial charge is 0.384 e. The number of anilines is 2. The number of nitrogens with zero attached hydrogens (tertiary/aromatic N) is 2. The molecule has 9 heteroatoms. The van der Waals surface area contributed by atoms with Crippen molar-refractivity contribution >= 4 is 42.2 Å². The highest BCUT2D eigenvalue weighted by atomic mass is 35.5. The fourth-order valence-corrected chi connectivity index (χ4v) is 3.25. The Bertz CT molecular complexity index is 722. The fourth-order valence-electron chi connectivity index (χ4n) is 3.25. The van der Waals surface area contributed by atoms with Gasteiger partial charge in [-0.15, -0.1) is 24.8 Å². The zero-order valence-corrected chi connectivity index (χ0v) is 17.4. The molecule has 1 fully saturated rings. The number of carbonyl (C=O) groups excluding carboxylic acids is 1. The number of amides is 1. The van der Waals surface area contributed by atoms with Crippen LogP contribution in [-0.4, -0.2) is 49.2 Å². The minimum Gasteiger partial charge on any atom is -0.384 e. The van der Waals surface area contributed by atoms with Gasteiger partial charge in [0.15, 0.2) is 0 Å². The molecule has 2 heterocycles. The van der Waals surface area contributed by atoms with Crippen LogP contribution >= 0.6 is 24.8 Å². The molecule has 0 spiro atoms. The summed E-state index contributed by atoms with van der Waals surface area (Å²) in [5.41, 5.74) is 1.41. The maximum absolute atomic E-state index is 12.6. The van der Waals surface area contributed by atoms with E-state index in [0.717, 1.165) is 31.6 Å². The van der Waals surface area contributed by atoms with E-state index in [2.05, 4.69) is 25.9 Å². The van der Waals surface area contributed by atoms with E-state index in [4.69, 9.17) is 4.74 Å². The van der Waals surface area contributed by atoms with Gasteiger partial charge in [0, 0.05) is 42.7 Å². The molecule has 1 aliphatic rings. The van der Waals surface area contributed by atoms with E-state index in [0.29, 0.717) is 24.5 Å². The molecule has 1 aliphatic heterocycles. The fraction of sp³-hybridized carbons (Fsp3) is 0.421. The Kier molecular flexibility index (Phi) is 10.2. The summed E-state index contributed by atoms with van der Waals surface area (Å²) in [7, 11) is 1.72. The smallest absolute Gasteiger partial charge is 0.251 e. The Morgan fingerprint density at radius 3 is 2.71 bits per heavy atom. The topological polar surface area (TPSA) is 88.2 Å². The van der Waals surface area contributed by atoms with Crippen LogP contribution in [0.1, 0.15) is 23.2 Å². The number of hydrogen-bond acceptors (Lipinski definition) is 6. The average Bonchev–Trinajstić information content (AvgIpc) is 2.68. The molecule has 154 valence electrons. The lowest BCUT2D eigenvalue weighted by atomic mass is 9.79. The van der Waals surface area contributed by atoms with Crippen molar-refractivity contribution in [1.82, 2.24) is 20.6 Å². The van der Waals surface area contributed by atoms with Gasteiger partial charge in [-0.25, -0.2) is 4.98 Å². The number of nitrogens with one attached hydrogen (secondary N) is 3. The first-order valence-corrected chi connectivity index (χ1v) is 8.82. The summed E-state index contributed by atoms with van der Waals surface area (Å²) in [5.74, 6) is 0.556. The van der Waals surface area contributed by atoms with Crippen LogP contribution < -0.4 is 16.0 Å². The zero-order valence-electron chi connectivity index (χ0n) is 15.8. The summed E-state index contributed by atoms with van der Waals surface area (Å²) in [6.45, 7) is 3.18. The van der Waals surface area contributed by atoms with Gasteiger partial charge in [-0.2, -0.15) is 0 Å². The third-order valence-electron chi connectivity index (χ3n) is 4.70. The second kappa shape index (κ2) is 11.8. The van der Waals surface area contributed by atoms with Gasteiger partial charge in [0.05, 0.1) is 12.8 Å². The van der Waals surface area contributed by atoms with E-state index in [1.165, 1.54) is 0 Å². The highest BCUT2D eigenvalue weighted by Gasteiger charge is 2.32. The van der Waals surface area contributed by atoms with E-state index in [-0.39, 0.29) is 36.1 Å². The summed E-state index contributed by atoms with van der Waals surface area (Å²) in [6.07, 6.45) is 6.86. The van der Waals surface area contributed by atoms with Crippen LogP contribution in [0.3, 0.4) is 0 Å². The lowest BCUT2D eigenvalue weighted by molar-refractivity contribution is 0.0512. The molecule has 3 rings (SSSR count). The monoisotopic (exact) mass is 427 g/mol. The molecule has 1 aromatic heterocycles. The maximum Gasteiger partial charge on any atom is 0.251 e. The number of carbonyl (C=O) groups is 1. The Morgan fingerprint density at radius 2 is 2.04 bits per heavy atom. The van der Waals surface area contributed by atoms with Crippen molar-refractivity contribution < 1.29 is 9.53 Å². The van der Waals surface area contributed by atoms with Crippen LogP contribution in [0, 0.1) is 5.41 Å². The Hall–Kier alpha value is -1.93. The maximum atomic E-state index is 12.6. The second-order valence-electron chi connectivity index (χ2n) is 6.66. The number of methoxy groups -OCH3 is 1. The number of rotatable bonds is 7. The Morgan fingerprint density at radius 1 is 1.25 bits per heavy atom. The summed E-state index contributed by atoms with van der Waals surface area (Å²) in [5, 5.41) is 9.59. The van der Waals surface area contributed by atoms with E-state index >= 15 is 0 Å². The third-order valence-corrected chi connectivity index (χ3v) is 4.70. The molecule has 0 bridgehead atoms. The minimum absolute atomic E-state index is 0. The third kappa shape index (κ3) is 6.60. The quantitative estimate of drug-likeness (QED) is 0.629. The number of halogens is 2. The number of aromatic nitrogens is 2. The summed E-state index contributed by atoms with van der Waals surface area (Å²) < 4.78 is 5.41. The number of benzene rings is 1. The molecule has 0 radical (unpaired) electrons. The molecule has 0 saturated carbocycles. The Balaban J connectivity index is 0.00000196. The lowest BCUT2D eigenvalue weighted by Gasteiger charge is -2.37. The molecule has 0 unspecified atom stereocenters. The van der Waals surface area contributed by atoms with E-state index in [9.17, 15) is 4.79 Å². The predicted octanol–water partition coefficient (Wildman–Crippen LogP) is 2.81. The molecule has 3 N–H and O–H groups in total. The standard InChI is InChI=1S/C19H25N5O2.2ClH/c1-26-14-19(5-7-20-8-6-19)13-23-18(25)15-3-2-4-16(11-15)24-17-12-21-9-10-22-17;;/h2-4,9-12,20H,5-8,13-14H2,1H3,(H,22,24)(H,23,25);2*1H. The molecule has 2 aromatic rings. The van der Waals surface area contributed by atoms with Crippen LogP contribution in [0.15, 0.2) is 42.9 Å². The number of piperidine rings is 1. The van der Waals surface area contributed by atoms with Crippen molar-refractivity contribution in [1.29, 1.82) is 0 Å². The summed E-state index contributed by atoms with van der Waals surface area (Å²) in [6, 6.07) is 7.37. The van der Waals surface area contributed by atoms with E-state index in [1.54, 1.807) is 25.7 Å². The molecule has 1 aromatic carbocycles. The van der Waals surface area contributed by atoms with Crippen molar-refractivity contribution in [2.45, 2.75) is 12.8 Å². The van der Waals surface area contributed by atoms with Crippen molar-refractivity contribution in [2.75, 3.05) is 38.7 Å². The van der Waals surface area contributed by atoms with Crippen LogP contribution in [0.25, 0.3) is 0 Å². The van der Waals surface area contributed by atoms with Gasteiger partial charge < -0.3 is 20.7 Å². The first-order chi connectivity index (χ1) is 12.7. The minimum atomic E-state index is -0.0817. The molecular formula is C19H27Cl2N5O2. The molecule has 28 heavy (non-hydrogen) atoms. The van der Waals surface area contributed by atoms with Crippen LogP contribution in [0.5, 0.6) is 0 Å². The van der Waals surface area contributed by atoms with Gasteiger partial charge in [0.25, 0.3) is 5.91 Å². The normalized spacial score (nSPS) is 14.9. The first-order valence-electron chi connectivity index (χ1n) is 8.82. The van der Waals surface area contributed by atoms with E-state index < -0.39 is 0 Å². The molecule has 0 atom stereocenters. The molecule has 1 saturated heterocycles. The van der Waals surface area contributed by atoms with E-state index in [1.807, 2.05) is 24.3 Å². The van der Waals surface area contributed by atoms with Gasteiger partial charge >= 0.3 is 0 Å². The predicted molar refractivity (Wildman–Crippen MR) is 115 cm³/mol. The van der Waals surface area contributed by atoms with Gasteiger partial charge in [0.1, 0.15) is 5.82 Å². The molecular weight excluding hydrogens is 401 g/mol. The second-order valence-corrected chi connectivity index (χ2v) is 6.66. The van der Waals surface area contributed by atoms with Crippen LogP contribution in [-0.2, 0) is 4.74 Å². The molecule has 1 amide bonds. The van der Waals surface area contributed by atoms with Gasteiger partial charge in [-0.05, 0) is 44.1 Å². The number of ether oxygens (including phenoxy) is 1. The summed E-state index contributed by atoms with van der Waals surface area (Å²) in [4.78, 5) is 20.8. The average molecular weight is 428 g/mol. The van der Waals surface area contributed by atoms with Crippen molar-refractivity contribution in [2.24, 2.45) is 5.41 Å². The first kappa shape index (κ1) is 24.1.